The Morgan fingerprint density at radius 1 is 1.24 bits per heavy atom. The van der Waals surface area contributed by atoms with Gasteiger partial charge in [0.15, 0.2) is 0 Å². The molecule has 1 atom stereocenters. The maximum Gasteiger partial charge on any atom is 0.309 e. The Balaban J connectivity index is 2.97. The summed E-state index contributed by atoms with van der Waals surface area (Å²) in [4.78, 5) is 27.7. The Morgan fingerprint density at radius 2 is 1.82 bits per heavy atom. The summed E-state index contributed by atoms with van der Waals surface area (Å²) in [5.74, 6) is -0.587. The summed E-state index contributed by atoms with van der Waals surface area (Å²) in [5.41, 5.74) is 1.20. The minimum Gasteiger partial charge on any atom is -0.436 e. The molecule has 0 N–H and O–H groups in total. The van der Waals surface area contributed by atoms with Crippen LogP contribution in [0.25, 0.3) is 0 Å². The van der Waals surface area contributed by atoms with Crippen LogP contribution in [0.3, 0.4) is 0 Å². The molecule has 0 aromatic rings. The summed E-state index contributed by atoms with van der Waals surface area (Å²) in [5, 5.41) is 0. The van der Waals surface area contributed by atoms with Gasteiger partial charge in [-0.3, -0.25) is 9.59 Å². The fourth-order valence-electron chi connectivity index (χ4n) is 1.46. The zero-order chi connectivity index (χ0) is 13.2. The summed E-state index contributed by atoms with van der Waals surface area (Å²) in [7, 11) is 1.74. The lowest BCUT2D eigenvalue weighted by Crippen LogP contribution is -2.42. The largest absolute Gasteiger partial charge is 0.436 e. The first kappa shape index (κ1) is 13.2. The molecule has 6 heteroatoms. The highest BCUT2D eigenvalue weighted by Gasteiger charge is 2.28. The second-order valence-corrected chi connectivity index (χ2v) is 3.81. The SMILES string of the molecule is CC(=O)OC1=C(C)N(C)C(OC(C)=O)C(C)=N1. The highest BCUT2D eigenvalue weighted by Crippen LogP contribution is 2.21. The number of rotatable bonds is 2. The zero-order valence-electron chi connectivity index (χ0n) is 10.6. The van der Waals surface area contributed by atoms with E-state index >= 15 is 0 Å². The summed E-state index contributed by atoms with van der Waals surface area (Å²) in [6, 6.07) is 0. The molecule has 1 aliphatic heterocycles. The van der Waals surface area contributed by atoms with Gasteiger partial charge in [0.05, 0.1) is 11.4 Å². The van der Waals surface area contributed by atoms with E-state index in [1.165, 1.54) is 13.8 Å². The Labute approximate surface area is 99.9 Å². The summed E-state index contributed by atoms with van der Waals surface area (Å²) >= 11 is 0. The minimum absolute atomic E-state index is 0.237. The van der Waals surface area contributed by atoms with Gasteiger partial charge in [-0.25, -0.2) is 4.99 Å². The number of carbonyl (C=O) groups excluding carboxylic acids is 2. The monoisotopic (exact) mass is 240 g/mol. The van der Waals surface area contributed by atoms with E-state index in [2.05, 4.69) is 4.99 Å². The molecule has 0 aromatic heterocycles. The highest BCUT2D eigenvalue weighted by atomic mass is 16.6. The van der Waals surface area contributed by atoms with Crippen LogP contribution in [-0.4, -0.2) is 35.8 Å². The van der Waals surface area contributed by atoms with Gasteiger partial charge < -0.3 is 14.4 Å². The molecule has 94 valence electrons. The van der Waals surface area contributed by atoms with Crippen LogP contribution in [-0.2, 0) is 19.1 Å². The molecule has 0 amide bonds. The number of ether oxygens (including phenoxy) is 2. The first-order chi connectivity index (χ1) is 7.82. The second-order valence-electron chi connectivity index (χ2n) is 3.81. The van der Waals surface area contributed by atoms with E-state index in [-0.39, 0.29) is 11.9 Å². The fraction of sp³-hybridized carbons (Fsp3) is 0.545. The van der Waals surface area contributed by atoms with Crippen LogP contribution in [0.15, 0.2) is 16.6 Å². The highest BCUT2D eigenvalue weighted by molar-refractivity contribution is 5.89. The molecule has 0 saturated heterocycles. The number of nitrogens with zero attached hydrogens (tertiary/aromatic N) is 2. The molecular formula is C11H16N2O4. The Hall–Kier alpha value is -1.85. The first-order valence-electron chi connectivity index (χ1n) is 5.17. The summed E-state index contributed by atoms with van der Waals surface area (Å²) in [6.07, 6.45) is -0.549. The lowest BCUT2D eigenvalue weighted by molar-refractivity contribution is -0.149. The van der Waals surface area contributed by atoms with Crippen molar-refractivity contribution in [2.75, 3.05) is 7.05 Å². The van der Waals surface area contributed by atoms with E-state index in [4.69, 9.17) is 9.47 Å². The summed E-state index contributed by atoms with van der Waals surface area (Å²) in [6.45, 7) is 6.09. The minimum atomic E-state index is -0.549. The zero-order valence-corrected chi connectivity index (χ0v) is 10.6. The van der Waals surface area contributed by atoms with Gasteiger partial charge in [-0.05, 0) is 13.8 Å². The molecule has 0 fully saturated rings. The van der Waals surface area contributed by atoms with Crippen molar-refractivity contribution in [2.24, 2.45) is 4.99 Å². The molecular weight excluding hydrogens is 224 g/mol. The van der Waals surface area contributed by atoms with E-state index in [0.717, 1.165) is 0 Å². The first-order valence-corrected chi connectivity index (χ1v) is 5.17. The molecule has 0 spiro atoms. The van der Waals surface area contributed by atoms with Crippen molar-refractivity contribution in [3.8, 4) is 0 Å². The van der Waals surface area contributed by atoms with Gasteiger partial charge in [0.2, 0.25) is 12.1 Å². The van der Waals surface area contributed by atoms with Crippen molar-refractivity contribution in [3.05, 3.63) is 11.6 Å². The van der Waals surface area contributed by atoms with Crippen molar-refractivity contribution < 1.29 is 19.1 Å². The van der Waals surface area contributed by atoms with Crippen LogP contribution in [0.4, 0.5) is 0 Å². The molecule has 0 saturated carbocycles. The van der Waals surface area contributed by atoms with Crippen molar-refractivity contribution >= 4 is 17.7 Å². The standard InChI is InChI=1S/C11H16N2O4/c1-6-11(17-9(4)15)13(5)7(2)10(12-6)16-8(3)14/h11H,1-5H3. The van der Waals surface area contributed by atoms with Gasteiger partial charge in [-0.2, -0.15) is 0 Å². The molecule has 1 heterocycles. The number of carbonyl (C=O) groups is 2. The van der Waals surface area contributed by atoms with Crippen LogP contribution in [0.5, 0.6) is 0 Å². The number of allylic oxidation sites excluding steroid dienone is 1. The van der Waals surface area contributed by atoms with Gasteiger partial charge in [-0.1, -0.05) is 0 Å². The van der Waals surface area contributed by atoms with Crippen molar-refractivity contribution in [2.45, 2.75) is 33.9 Å². The van der Waals surface area contributed by atoms with Crippen LogP contribution < -0.4 is 0 Å². The Kier molecular flexibility index (Phi) is 3.88. The third-order valence-corrected chi connectivity index (χ3v) is 2.34. The van der Waals surface area contributed by atoms with Gasteiger partial charge in [-0.15, -0.1) is 0 Å². The van der Waals surface area contributed by atoms with E-state index in [9.17, 15) is 9.59 Å². The third kappa shape index (κ3) is 3.05. The Bertz CT molecular complexity index is 412. The quantitative estimate of drug-likeness (QED) is 0.674. The predicted molar refractivity (Wildman–Crippen MR) is 60.9 cm³/mol. The average molecular weight is 240 g/mol. The number of aliphatic imine (C=N–C) groups is 1. The molecule has 0 radical (unpaired) electrons. The maximum absolute atomic E-state index is 11.0. The fourth-order valence-corrected chi connectivity index (χ4v) is 1.46. The molecule has 1 rings (SSSR count). The van der Waals surface area contributed by atoms with Crippen LogP contribution in [0.1, 0.15) is 27.7 Å². The topological polar surface area (TPSA) is 68.2 Å². The molecule has 0 aliphatic carbocycles. The summed E-state index contributed by atoms with van der Waals surface area (Å²) < 4.78 is 10.1. The van der Waals surface area contributed by atoms with Crippen LogP contribution in [0, 0.1) is 0 Å². The Morgan fingerprint density at radius 3 is 2.29 bits per heavy atom. The maximum atomic E-state index is 11.0. The van der Waals surface area contributed by atoms with Gasteiger partial charge in [0, 0.05) is 20.9 Å². The van der Waals surface area contributed by atoms with E-state index in [1.807, 2.05) is 0 Å². The van der Waals surface area contributed by atoms with Crippen LogP contribution in [0.2, 0.25) is 0 Å². The molecule has 17 heavy (non-hydrogen) atoms. The number of esters is 2. The second kappa shape index (κ2) is 4.99. The number of hydrogen-bond donors (Lipinski definition) is 0. The normalized spacial score (nSPS) is 19.9. The molecule has 1 unspecified atom stereocenters. The lowest BCUT2D eigenvalue weighted by Gasteiger charge is -2.33. The van der Waals surface area contributed by atoms with Crippen LogP contribution >= 0.6 is 0 Å². The van der Waals surface area contributed by atoms with Crippen molar-refractivity contribution in [3.63, 3.8) is 0 Å². The molecule has 0 bridgehead atoms. The van der Waals surface area contributed by atoms with Gasteiger partial charge in [0.1, 0.15) is 0 Å². The van der Waals surface area contributed by atoms with E-state index < -0.39 is 12.2 Å². The number of hydrogen-bond acceptors (Lipinski definition) is 6. The lowest BCUT2D eigenvalue weighted by atomic mass is 10.2. The van der Waals surface area contributed by atoms with E-state index in [0.29, 0.717) is 11.4 Å². The van der Waals surface area contributed by atoms with Crippen molar-refractivity contribution in [1.82, 2.24) is 4.90 Å². The van der Waals surface area contributed by atoms with Crippen molar-refractivity contribution in [1.29, 1.82) is 0 Å². The van der Waals surface area contributed by atoms with Gasteiger partial charge >= 0.3 is 11.9 Å². The predicted octanol–water partition coefficient (Wildman–Crippen LogP) is 1.03. The molecule has 6 nitrogen and oxygen atoms in total. The van der Waals surface area contributed by atoms with Gasteiger partial charge in [0.25, 0.3) is 0 Å². The molecule has 1 aliphatic rings. The van der Waals surface area contributed by atoms with E-state index in [1.54, 1.807) is 25.8 Å². The third-order valence-electron chi connectivity index (χ3n) is 2.34. The average Bonchev–Trinajstić information content (AvgIpc) is 2.20. The smallest absolute Gasteiger partial charge is 0.309 e. The molecule has 0 aromatic carbocycles.